The maximum Gasteiger partial charge on any atom is 0.261 e. The molecule has 1 aliphatic rings. The van der Waals surface area contributed by atoms with Crippen LogP contribution in [0.15, 0.2) is 23.1 Å². The van der Waals surface area contributed by atoms with Crippen molar-refractivity contribution in [1.82, 2.24) is 4.90 Å². The Hall–Kier alpha value is -0.580. The molecule has 3 nitrogen and oxygen atoms in total. The summed E-state index contributed by atoms with van der Waals surface area (Å²) >= 11 is 0. The SMILES string of the molecule is Cc1ccc(CN2CCCCC2)cc1S(=O)(=O)Cl. The monoisotopic (exact) mass is 287 g/mol. The van der Waals surface area contributed by atoms with Crippen molar-refractivity contribution in [2.45, 2.75) is 37.6 Å². The molecule has 0 unspecified atom stereocenters. The van der Waals surface area contributed by atoms with E-state index in [1.54, 1.807) is 13.0 Å². The number of hydrogen-bond donors (Lipinski definition) is 0. The maximum absolute atomic E-state index is 11.4. The summed E-state index contributed by atoms with van der Waals surface area (Å²) in [5, 5.41) is 0. The van der Waals surface area contributed by atoms with Crippen LogP contribution in [0.1, 0.15) is 30.4 Å². The minimum atomic E-state index is -3.64. The molecular formula is C13H18ClNO2S. The average molecular weight is 288 g/mol. The van der Waals surface area contributed by atoms with Gasteiger partial charge in [0.2, 0.25) is 0 Å². The molecule has 0 saturated carbocycles. The summed E-state index contributed by atoms with van der Waals surface area (Å²) in [6.45, 7) is 4.76. The normalized spacial score (nSPS) is 17.9. The molecule has 5 heteroatoms. The van der Waals surface area contributed by atoms with Crippen LogP contribution < -0.4 is 0 Å². The molecule has 0 amide bonds. The summed E-state index contributed by atoms with van der Waals surface area (Å²) < 4.78 is 22.9. The Kier molecular flexibility index (Phi) is 4.30. The molecule has 0 aromatic heterocycles. The second-order valence-corrected chi connectivity index (χ2v) is 7.41. The molecule has 0 N–H and O–H groups in total. The predicted octanol–water partition coefficient (Wildman–Crippen LogP) is 2.91. The quantitative estimate of drug-likeness (QED) is 0.802. The van der Waals surface area contributed by atoms with Crippen LogP contribution in [0.2, 0.25) is 0 Å². The van der Waals surface area contributed by atoms with Crippen molar-refractivity contribution < 1.29 is 8.42 Å². The van der Waals surface area contributed by atoms with Crippen LogP contribution in [-0.4, -0.2) is 26.4 Å². The first-order valence-electron chi connectivity index (χ1n) is 6.23. The highest BCUT2D eigenvalue weighted by Gasteiger charge is 2.16. The van der Waals surface area contributed by atoms with E-state index in [9.17, 15) is 8.42 Å². The van der Waals surface area contributed by atoms with E-state index in [1.165, 1.54) is 19.3 Å². The molecule has 1 aromatic carbocycles. The van der Waals surface area contributed by atoms with Crippen LogP contribution in [-0.2, 0) is 15.6 Å². The molecule has 1 aliphatic heterocycles. The number of nitrogens with zero attached hydrogens (tertiary/aromatic N) is 1. The van der Waals surface area contributed by atoms with E-state index < -0.39 is 9.05 Å². The van der Waals surface area contributed by atoms with E-state index in [0.29, 0.717) is 5.56 Å². The predicted molar refractivity (Wildman–Crippen MR) is 73.3 cm³/mol. The molecule has 1 heterocycles. The van der Waals surface area contributed by atoms with Crippen LogP contribution in [0.3, 0.4) is 0 Å². The van der Waals surface area contributed by atoms with Crippen LogP contribution >= 0.6 is 10.7 Å². The van der Waals surface area contributed by atoms with Gasteiger partial charge in [0.05, 0.1) is 4.90 Å². The lowest BCUT2D eigenvalue weighted by Gasteiger charge is -2.26. The standard InChI is InChI=1S/C13H18ClNO2S/c1-11-5-6-12(9-13(11)18(14,16)17)10-15-7-3-2-4-8-15/h5-6,9H,2-4,7-8,10H2,1H3. The smallest absolute Gasteiger partial charge is 0.261 e. The van der Waals surface area contributed by atoms with Crippen molar-refractivity contribution in [3.63, 3.8) is 0 Å². The number of halogens is 1. The highest BCUT2D eigenvalue weighted by Crippen LogP contribution is 2.22. The average Bonchev–Trinajstić information content (AvgIpc) is 2.31. The summed E-state index contributed by atoms with van der Waals surface area (Å²) in [5.74, 6) is 0. The van der Waals surface area contributed by atoms with E-state index in [0.717, 1.165) is 25.2 Å². The molecule has 1 saturated heterocycles. The van der Waals surface area contributed by atoms with Gasteiger partial charge in [0.15, 0.2) is 0 Å². The minimum absolute atomic E-state index is 0.235. The van der Waals surface area contributed by atoms with Crippen molar-refractivity contribution in [1.29, 1.82) is 0 Å². The van der Waals surface area contributed by atoms with E-state index in [4.69, 9.17) is 10.7 Å². The Morgan fingerprint density at radius 3 is 2.50 bits per heavy atom. The van der Waals surface area contributed by atoms with Crippen LogP contribution in [0.5, 0.6) is 0 Å². The van der Waals surface area contributed by atoms with Crippen molar-refractivity contribution >= 4 is 19.7 Å². The van der Waals surface area contributed by atoms with Crippen molar-refractivity contribution in [3.05, 3.63) is 29.3 Å². The van der Waals surface area contributed by atoms with Gasteiger partial charge in [-0.05, 0) is 50.0 Å². The number of benzene rings is 1. The largest absolute Gasteiger partial charge is 0.299 e. The topological polar surface area (TPSA) is 37.4 Å². The van der Waals surface area contributed by atoms with Gasteiger partial charge in [-0.1, -0.05) is 18.6 Å². The highest BCUT2D eigenvalue weighted by molar-refractivity contribution is 8.13. The molecule has 1 fully saturated rings. The van der Waals surface area contributed by atoms with Crippen LogP contribution in [0.4, 0.5) is 0 Å². The van der Waals surface area contributed by atoms with Crippen molar-refractivity contribution in [2.75, 3.05) is 13.1 Å². The zero-order valence-corrected chi connectivity index (χ0v) is 12.1. The van der Waals surface area contributed by atoms with Crippen LogP contribution in [0.25, 0.3) is 0 Å². The lowest BCUT2D eigenvalue weighted by molar-refractivity contribution is 0.221. The summed E-state index contributed by atoms with van der Waals surface area (Å²) in [6.07, 6.45) is 3.75. The molecule has 0 aliphatic carbocycles. The van der Waals surface area contributed by atoms with Gasteiger partial charge in [0, 0.05) is 17.2 Å². The van der Waals surface area contributed by atoms with Gasteiger partial charge < -0.3 is 0 Å². The van der Waals surface area contributed by atoms with Gasteiger partial charge in [0.1, 0.15) is 0 Å². The number of hydrogen-bond acceptors (Lipinski definition) is 3. The fraction of sp³-hybridized carbons (Fsp3) is 0.538. The molecule has 0 atom stereocenters. The Balaban J connectivity index is 2.19. The zero-order valence-electron chi connectivity index (χ0n) is 10.5. The summed E-state index contributed by atoms with van der Waals surface area (Å²) in [5.41, 5.74) is 1.72. The fourth-order valence-corrected chi connectivity index (χ4v) is 3.62. The third kappa shape index (κ3) is 3.46. The zero-order chi connectivity index (χ0) is 13.2. The third-order valence-corrected chi connectivity index (χ3v) is 4.83. The number of rotatable bonds is 3. The highest BCUT2D eigenvalue weighted by atomic mass is 35.7. The van der Waals surface area contributed by atoms with Crippen LogP contribution in [0, 0.1) is 6.92 Å². The molecule has 2 rings (SSSR count). The first-order chi connectivity index (χ1) is 8.47. The van der Waals surface area contributed by atoms with Gasteiger partial charge in [-0.2, -0.15) is 0 Å². The Morgan fingerprint density at radius 1 is 1.22 bits per heavy atom. The Bertz CT molecular complexity index is 522. The van der Waals surface area contributed by atoms with Crippen molar-refractivity contribution in [3.8, 4) is 0 Å². The van der Waals surface area contributed by atoms with Gasteiger partial charge in [-0.15, -0.1) is 0 Å². The van der Waals surface area contributed by atoms with Crippen molar-refractivity contribution in [2.24, 2.45) is 0 Å². The molecule has 18 heavy (non-hydrogen) atoms. The summed E-state index contributed by atoms with van der Waals surface area (Å²) in [7, 11) is 1.79. The van der Waals surface area contributed by atoms with E-state index >= 15 is 0 Å². The Morgan fingerprint density at radius 2 is 1.89 bits per heavy atom. The first kappa shape index (κ1) is 13.8. The van der Waals surface area contributed by atoms with Gasteiger partial charge >= 0.3 is 0 Å². The summed E-state index contributed by atoms with van der Waals surface area (Å²) in [6, 6.07) is 5.51. The van der Waals surface area contributed by atoms with Gasteiger partial charge in [-0.25, -0.2) is 8.42 Å². The second kappa shape index (κ2) is 5.59. The fourth-order valence-electron chi connectivity index (χ4n) is 2.38. The molecule has 100 valence electrons. The molecular weight excluding hydrogens is 270 g/mol. The second-order valence-electron chi connectivity index (χ2n) is 4.87. The Labute approximate surface area is 113 Å². The molecule has 0 spiro atoms. The first-order valence-corrected chi connectivity index (χ1v) is 8.54. The molecule has 1 aromatic rings. The lowest BCUT2D eigenvalue weighted by Crippen LogP contribution is -2.29. The van der Waals surface area contributed by atoms with E-state index in [-0.39, 0.29) is 4.90 Å². The number of likely N-dealkylation sites (tertiary alicyclic amines) is 1. The van der Waals surface area contributed by atoms with Gasteiger partial charge in [-0.3, -0.25) is 4.90 Å². The maximum atomic E-state index is 11.4. The molecule has 0 bridgehead atoms. The van der Waals surface area contributed by atoms with Gasteiger partial charge in [0.25, 0.3) is 9.05 Å². The summed E-state index contributed by atoms with van der Waals surface area (Å²) in [4.78, 5) is 2.59. The number of piperidine rings is 1. The minimum Gasteiger partial charge on any atom is -0.299 e. The van der Waals surface area contributed by atoms with E-state index in [2.05, 4.69) is 4.90 Å². The van der Waals surface area contributed by atoms with E-state index in [1.807, 2.05) is 12.1 Å². The molecule has 0 radical (unpaired) electrons. The number of aryl methyl sites for hydroxylation is 1. The lowest BCUT2D eigenvalue weighted by atomic mass is 10.1. The third-order valence-electron chi connectivity index (χ3n) is 3.37.